The summed E-state index contributed by atoms with van der Waals surface area (Å²) in [6, 6.07) is 8.87. The number of benzene rings is 2. The van der Waals surface area contributed by atoms with E-state index in [2.05, 4.69) is 10.3 Å². The van der Waals surface area contributed by atoms with E-state index in [0.717, 1.165) is 9.15 Å². The largest absolute Gasteiger partial charge is 0.494 e. The first-order valence-electron chi connectivity index (χ1n) is 7.56. The molecule has 0 aliphatic heterocycles. The normalized spacial score (nSPS) is 11.9. The van der Waals surface area contributed by atoms with Crippen molar-refractivity contribution >= 4 is 21.1 Å². The second kappa shape index (κ2) is 6.89. The summed E-state index contributed by atoms with van der Waals surface area (Å²) in [6.45, 7) is 0.0179. The Morgan fingerprint density at radius 1 is 1.19 bits per heavy atom. The van der Waals surface area contributed by atoms with Gasteiger partial charge in [-0.25, -0.2) is 17.1 Å². The zero-order chi connectivity index (χ0) is 18.9. The maximum absolute atomic E-state index is 13.7. The van der Waals surface area contributed by atoms with Gasteiger partial charge in [0.2, 0.25) is 10.0 Å². The topological polar surface area (TPSA) is 86.5 Å². The summed E-state index contributed by atoms with van der Waals surface area (Å²) in [5, 5.41) is 7.78. The summed E-state index contributed by atoms with van der Waals surface area (Å²) in [7, 11) is 0.683. The van der Waals surface area contributed by atoms with E-state index in [-0.39, 0.29) is 17.3 Å². The fourth-order valence-corrected chi connectivity index (χ4v) is 3.20. The molecule has 0 amide bonds. The molecular formula is C16H17FN4O4S. The molecule has 10 heteroatoms. The highest BCUT2D eigenvalue weighted by molar-refractivity contribution is 7.89. The van der Waals surface area contributed by atoms with Crippen LogP contribution in [-0.4, -0.2) is 49.1 Å². The van der Waals surface area contributed by atoms with Crippen molar-refractivity contribution in [3.63, 3.8) is 0 Å². The maximum Gasteiger partial charge on any atom is 0.242 e. The summed E-state index contributed by atoms with van der Waals surface area (Å²) in [6.07, 6.45) is 0. The molecule has 2 aromatic carbocycles. The SMILES string of the molecule is COc1ccc(COn2nnc3ccc(S(=O)(=O)N(C)C)cc32)cc1F. The molecule has 1 heterocycles. The number of hydrogen-bond donors (Lipinski definition) is 0. The van der Waals surface area contributed by atoms with Crippen molar-refractivity contribution in [3.05, 3.63) is 47.8 Å². The Morgan fingerprint density at radius 3 is 2.62 bits per heavy atom. The van der Waals surface area contributed by atoms with Crippen LogP contribution in [0, 0.1) is 5.82 Å². The first kappa shape index (κ1) is 18.1. The molecule has 1 aromatic heterocycles. The zero-order valence-electron chi connectivity index (χ0n) is 14.4. The lowest BCUT2D eigenvalue weighted by Gasteiger charge is -2.11. The molecule has 3 aromatic rings. The van der Waals surface area contributed by atoms with Gasteiger partial charge in [-0.2, -0.15) is 0 Å². The highest BCUT2D eigenvalue weighted by atomic mass is 32.2. The van der Waals surface area contributed by atoms with Crippen LogP contribution in [0.4, 0.5) is 4.39 Å². The zero-order valence-corrected chi connectivity index (χ0v) is 15.2. The molecule has 0 N–H and O–H groups in total. The van der Waals surface area contributed by atoms with Crippen molar-refractivity contribution in [2.45, 2.75) is 11.5 Å². The van der Waals surface area contributed by atoms with Gasteiger partial charge in [-0.15, -0.1) is 5.10 Å². The van der Waals surface area contributed by atoms with E-state index in [1.165, 1.54) is 45.5 Å². The summed E-state index contributed by atoms with van der Waals surface area (Å²) in [5.41, 5.74) is 1.43. The van der Waals surface area contributed by atoms with Gasteiger partial charge in [0.1, 0.15) is 17.6 Å². The Bertz CT molecular complexity index is 1050. The van der Waals surface area contributed by atoms with E-state index >= 15 is 0 Å². The molecule has 0 aliphatic carbocycles. The van der Waals surface area contributed by atoms with Crippen LogP contribution in [0.2, 0.25) is 0 Å². The minimum Gasteiger partial charge on any atom is -0.494 e. The van der Waals surface area contributed by atoms with E-state index in [4.69, 9.17) is 9.57 Å². The van der Waals surface area contributed by atoms with Crippen LogP contribution in [0.5, 0.6) is 5.75 Å². The lowest BCUT2D eigenvalue weighted by Crippen LogP contribution is -2.22. The van der Waals surface area contributed by atoms with E-state index < -0.39 is 15.8 Å². The average Bonchev–Trinajstić information content (AvgIpc) is 3.02. The Balaban J connectivity index is 1.88. The van der Waals surface area contributed by atoms with E-state index in [0.29, 0.717) is 16.6 Å². The Kier molecular flexibility index (Phi) is 4.79. The molecule has 8 nitrogen and oxygen atoms in total. The van der Waals surface area contributed by atoms with Crippen LogP contribution < -0.4 is 9.57 Å². The molecule has 0 spiro atoms. The van der Waals surface area contributed by atoms with E-state index in [9.17, 15) is 12.8 Å². The first-order valence-corrected chi connectivity index (χ1v) is 9.00. The second-order valence-electron chi connectivity index (χ2n) is 5.64. The summed E-state index contributed by atoms with van der Waals surface area (Å²) in [5.74, 6) is -0.366. The van der Waals surface area contributed by atoms with Crippen molar-refractivity contribution in [2.75, 3.05) is 21.2 Å². The molecule has 0 aliphatic rings. The molecule has 3 rings (SSSR count). The number of sulfonamides is 1. The molecule has 0 fully saturated rings. The van der Waals surface area contributed by atoms with Crippen molar-refractivity contribution in [1.29, 1.82) is 0 Å². The smallest absolute Gasteiger partial charge is 0.242 e. The Labute approximate surface area is 149 Å². The number of aromatic nitrogens is 3. The summed E-state index contributed by atoms with van der Waals surface area (Å²) in [4.78, 5) is 6.74. The first-order chi connectivity index (χ1) is 12.3. The van der Waals surface area contributed by atoms with Gasteiger partial charge in [0.15, 0.2) is 11.6 Å². The van der Waals surface area contributed by atoms with Gasteiger partial charge in [0, 0.05) is 14.1 Å². The summed E-state index contributed by atoms with van der Waals surface area (Å²) < 4.78 is 44.3. The molecule has 0 saturated heterocycles. The van der Waals surface area contributed by atoms with Gasteiger partial charge in [0.05, 0.1) is 12.0 Å². The van der Waals surface area contributed by atoms with Crippen LogP contribution in [0.15, 0.2) is 41.3 Å². The van der Waals surface area contributed by atoms with Crippen molar-refractivity contribution < 1.29 is 22.4 Å². The number of hydrogen-bond acceptors (Lipinski definition) is 6. The van der Waals surface area contributed by atoms with Gasteiger partial charge in [-0.05, 0) is 41.1 Å². The summed E-state index contributed by atoms with van der Waals surface area (Å²) >= 11 is 0. The van der Waals surface area contributed by atoms with Crippen molar-refractivity contribution in [1.82, 2.24) is 19.5 Å². The monoisotopic (exact) mass is 380 g/mol. The number of rotatable bonds is 6. The molecular weight excluding hydrogens is 363 g/mol. The van der Waals surface area contributed by atoms with Crippen LogP contribution >= 0.6 is 0 Å². The van der Waals surface area contributed by atoms with Gasteiger partial charge in [-0.3, -0.25) is 0 Å². The number of fused-ring (bicyclic) bond motifs is 1. The average molecular weight is 380 g/mol. The molecule has 0 saturated carbocycles. The standard InChI is InChI=1S/C16H17FN4O4S/c1-20(2)26(22,23)12-5-6-14-15(9-12)21(19-18-14)25-10-11-4-7-16(24-3)13(17)8-11/h4-9H,10H2,1-3H3. The predicted molar refractivity (Wildman–Crippen MR) is 91.6 cm³/mol. The van der Waals surface area contributed by atoms with Gasteiger partial charge in [0.25, 0.3) is 0 Å². The predicted octanol–water partition coefficient (Wildman–Crippen LogP) is 1.46. The minimum absolute atomic E-state index is 0.0179. The second-order valence-corrected chi connectivity index (χ2v) is 7.79. The van der Waals surface area contributed by atoms with E-state index in [1.54, 1.807) is 12.1 Å². The number of nitrogens with zero attached hydrogens (tertiary/aromatic N) is 4. The Hall–Kier alpha value is -2.72. The highest BCUT2D eigenvalue weighted by Crippen LogP contribution is 2.20. The van der Waals surface area contributed by atoms with Gasteiger partial charge in [-0.1, -0.05) is 10.9 Å². The molecule has 0 radical (unpaired) electrons. The van der Waals surface area contributed by atoms with Crippen molar-refractivity contribution in [2.24, 2.45) is 0 Å². The molecule has 26 heavy (non-hydrogen) atoms. The number of methoxy groups -OCH3 is 1. The Morgan fingerprint density at radius 2 is 1.96 bits per heavy atom. The maximum atomic E-state index is 13.7. The fraction of sp³-hybridized carbons (Fsp3) is 0.250. The van der Waals surface area contributed by atoms with Gasteiger partial charge < -0.3 is 9.57 Å². The van der Waals surface area contributed by atoms with E-state index in [1.807, 2.05) is 0 Å². The quantitative estimate of drug-likeness (QED) is 0.644. The highest BCUT2D eigenvalue weighted by Gasteiger charge is 2.19. The fourth-order valence-electron chi connectivity index (χ4n) is 2.28. The van der Waals surface area contributed by atoms with Crippen LogP contribution in [0.3, 0.4) is 0 Å². The number of ether oxygens (including phenoxy) is 1. The van der Waals surface area contributed by atoms with Crippen LogP contribution in [-0.2, 0) is 16.6 Å². The molecule has 138 valence electrons. The van der Waals surface area contributed by atoms with Crippen LogP contribution in [0.1, 0.15) is 5.56 Å². The van der Waals surface area contributed by atoms with Gasteiger partial charge >= 0.3 is 0 Å². The van der Waals surface area contributed by atoms with Crippen molar-refractivity contribution in [3.8, 4) is 5.75 Å². The lowest BCUT2D eigenvalue weighted by atomic mass is 10.2. The lowest BCUT2D eigenvalue weighted by molar-refractivity contribution is 0.0749. The molecule has 0 atom stereocenters. The molecule has 0 bridgehead atoms. The minimum atomic E-state index is -3.60. The molecule has 0 unspecified atom stereocenters. The third kappa shape index (κ3) is 3.33. The third-order valence-corrected chi connectivity index (χ3v) is 5.55. The third-order valence-electron chi connectivity index (χ3n) is 3.73. The number of halogens is 1. The van der Waals surface area contributed by atoms with Crippen LogP contribution in [0.25, 0.3) is 11.0 Å².